The highest BCUT2D eigenvalue weighted by Gasteiger charge is 2.37. The molecule has 1 aliphatic rings. The van der Waals surface area contributed by atoms with Gasteiger partial charge in [-0.3, -0.25) is 28.9 Å². The summed E-state index contributed by atoms with van der Waals surface area (Å²) in [5.74, 6) is -4.21. The monoisotopic (exact) mass is 539 g/mol. The van der Waals surface area contributed by atoms with Crippen LogP contribution in [-0.2, 0) is 24.0 Å². The third-order valence-electron chi connectivity index (χ3n) is 5.99. The average molecular weight is 540 g/mol. The van der Waals surface area contributed by atoms with E-state index in [1.165, 1.54) is 12.1 Å². The zero-order valence-electron chi connectivity index (χ0n) is 21.4. The molecular weight excluding hydrogens is 510 g/mol. The summed E-state index contributed by atoms with van der Waals surface area (Å²) in [6.45, 7) is -1.83. The highest BCUT2D eigenvalue weighted by Crippen LogP contribution is 2.33. The van der Waals surface area contributed by atoms with Crippen molar-refractivity contribution >= 4 is 52.9 Å². The normalized spacial score (nSPS) is 15.5. The molecular formula is C26H29N5O8. The lowest BCUT2D eigenvalue weighted by atomic mass is 10.1. The number of aliphatic carboxylic acids is 1. The van der Waals surface area contributed by atoms with E-state index in [4.69, 9.17) is 5.11 Å². The molecule has 206 valence electrons. The van der Waals surface area contributed by atoms with Gasteiger partial charge in [0.2, 0.25) is 5.91 Å². The number of carboxylic acid groups (broad SMARTS) is 1. The van der Waals surface area contributed by atoms with Crippen molar-refractivity contribution in [3.63, 3.8) is 0 Å². The molecule has 0 saturated heterocycles. The number of carbonyl (C=O) groups excluding carboxylic acids is 5. The van der Waals surface area contributed by atoms with Crippen LogP contribution in [0.5, 0.6) is 0 Å². The second-order valence-electron chi connectivity index (χ2n) is 8.95. The zero-order valence-corrected chi connectivity index (χ0v) is 21.4. The number of para-hydroxylation sites is 2. The van der Waals surface area contributed by atoms with Gasteiger partial charge in [0, 0.05) is 25.3 Å². The minimum atomic E-state index is -1.32. The van der Waals surface area contributed by atoms with Gasteiger partial charge in [0.15, 0.2) is 0 Å². The molecule has 2 atom stereocenters. The molecule has 3 rings (SSSR count). The molecule has 2 unspecified atom stereocenters. The van der Waals surface area contributed by atoms with Crippen molar-refractivity contribution in [2.45, 2.75) is 18.5 Å². The topological polar surface area (TPSA) is 177 Å². The van der Waals surface area contributed by atoms with Crippen molar-refractivity contribution in [1.29, 1.82) is 0 Å². The summed E-state index contributed by atoms with van der Waals surface area (Å²) >= 11 is 0. The van der Waals surface area contributed by atoms with Gasteiger partial charge in [0.25, 0.3) is 17.7 Å². The minimum absolute atomic E-state index is 0.146. The maximum atomic E-state index is 13.7. The standard InChI is InChI=1S/C26H29N5O8/c1-29(2)18-9-7-16(8-10-18)25(38)28-19-12-30(23(35)15-33)20-5-3-4-6-21(20)31(26(19)39)13-22(34)27-17(14-32)11-24(36)37/h3-10,14,17,19,33H,11-13,15H2,1-2H3,(H,27,34)(H,28,38)(H,36,37). The number of fused-ring (bicyclic) bond motifs is 1. The van der Waals surface area contributed by atoms with Crippen LogP contribution < -0.4 is 25.3 Å². The molecule has 0 aromatic heterocycles. The SMILES string of the molecule is CN(C)c1ccc(C(=O)NC2CN(C(=O)CO)c3ccccc3N(CC(=O)NC(C=O)CC(=O)O)C2=O)cc1. The van der Waals surface area contributed by atoms with Gasteiger partial charge >= 0.3 is 5.97 Å². The number of carbonyl (C=O) groups is 6. The Hall–Kier alpha value is -4.78. The van der Waals surface area contributed by atoms with Gasteiger partial charge < -0.3 is 35.4 Å². The number of aliphatic hydroxyl groups is 1. The summed E-state index contributed by atoms with van der Waals surface area (Å²) in [4.78, 5) is 78.4. The van der Waals surface area contributed by atoms with E-state index in [2.05, 4.69) is 10.6 Å². The molecule has 0 aliphatic carbocycles. The number of hydrogen-bond donors (Lipinski definition) is 4. The van der Waals surface area contributed by atoms with Crippen LogP contribution in [0.15, 0.2) is 48.5 Å². The van der Waals surface area contributed by atoms with E-state index in [-0.39, 0.29) is 29.8 Å². The van der Waals surface area contributed by atoms with Gasteiger partial charge in [-0.15, -0.1) is 0 Å². The van der Waals surface area contributed by atoms with Gasteiger partial charge in [0.05, 0.1) is 30.4 Å². The van der Waals surface area contributed by atoms with Crippen molar-refractivity contribution in [1.82, 2.24) is 10.6 Å². The molecule has 4 N–H and O–H groups in total. The van der Waals surface area contributed by atoms with E-state index in [1.54, 1.807) is 36.4 Å². The molecule has 0 saturated carbocycles. The fraction of sp³-hybridized carbons (Fsp3) is 0.308. The molecule has 1 aliphatic heterocycles. The van der Waals surface area contributed by atoms with E-state index in [1.807, 2.05) is 19.0 Å². The Morgan fingerprint density at radius 2 is 1.72 bits per heavy atom. The van der Waals surface area contributed by atoms with Crippen molar-refractivity contribution < 1.29 is 39.0 Å². The lowest BCUT2D eigenvalue weighted by Gasteiger charge is -2.25. The molecule has 13 nitrogen and oxygen atoms in total. The Kier molecular flexibility index (Phi) is 9.33. The first kappa shape index (κ1) is 28.8. The largest absolute Gasteiger partial charge is 0.481 e. The summed E-state index contributed by atoms with van der Waals surface area (Å²) in [7, 11) is 3.68. The van der Waals surface area contributed by atoms with Crippen LogP contribution in [0.4, 0.5) is 17.1 Å². The highest BCUT2D eigenvalue weighted by atomic mass is 16.4. The Bertz CT molecular complexity index is 1260. The second kappa shape index (κ2) is 12.6. The average Bonchev–Trinajstić information content (AvgIpc) is 3.02. The minimum Gasteiger partial charge on any atom is -0.481 e. The van der Waals surface area contributed by atoms with Crippen molar-refractivity contribution in [3.05, 3.63) is 54.1 Å². The molecule has 0 bridgehead atoms. The number of nitrogens with one attached hydrogen (secondary N) is 2. The highest BCUT2D eigenvalue weighted by molar-refractivity contribution is 6.11. The number of rotatable bonds is 10. The van der Waals surface area contributed by atoms with E-state index in [0.29, 0.717) is 0 Å². The van der Waals surface area contributed by atoms with Gasteiger partial charge in [-0.1, -0.05) is 12.1 Å². The zero-order chi connectivity index (χ0) is 28.7. The maximum absolute atomic E-state index is 13.7. The van der Waals surface area contributed by atoms with Gasteiger partial charge in [-0.25, -0.2) is 0 Å². The number of anilines is 3. The summed E-state index contributed by atoms with van der Waals surface area (Å²) in [5.41, 5.74) is 1.46. The molecule has 0 spiro atoms. The Morgan fingerprint density at radius 1 is 1.08 bits per heavy atom. The van der Waals surface area contributed by atoms with Crippen molar-refractivity contribution in [2.24, 2.45) is 0 Å². The number of benzene rings is 2. The van der Waals surface area contributed by atoms with Crippen LogP contribution in [0, 0.1) is 0 Å². The summed E-state index contributed by atoms with van der Waals surface area (Å²) in [6.07, 6.45) is -0.375. The number of aldehydes is 1. The number of carboxylic acids is 1. The fourth-order valence-electron chi connectivity index (χ4n) is 4.05. The number of hydrogen-bond acceptors (Lipinski definition) is 8. The van der Waals surface area contributed by atoms with Gasteiger partial charge in [0.1, 0.15) is 25.5 Å². The molecule has 2 aromatic rings. The second-order valence-corrected chi connectivity index (χ2v) is 8.95. The molecule has 0 fully saturated rings. The van der Waals surface area contributed by atoms with Crippen LogP contribution in [0.1, 0.15) is 16.8 Å². The van der Waals surface area contributed by atoms with E-state index in [0.717, 1.165) is 15.5 Å². The van der Waals surface area contributed by atoms with Crippen LogP contribution in [0.3, 0.4) is 0 Å². The van der Waals surface area contributed by atoms with Crippen molar-refractivity contribution in [3.8, 4) is 0 Å². The summed E-state index contributed by atoms with van der Waals surface area (Å²) in [5, 5.41) is 23.4. The summed E-state index contributed by atoms with van der Waals surface area (Å²) in [6, 6.07) is 10.1. The van der Waals surface area contributed by atoms with Gasteiger partial charge in [-0.05, 0) is 36.4 Å². The lowest BCUT2D eigenvalue weighted by molar-refractivity contribution is -0.139. The molecule has 0 radical (unpaired) electrons. The number of aliphatic hydroxyl groups excluding tert-OH is 1. The first-order valence-corrected chi connectivity index (χ1v) is 11.9. The first-order valence-electron chi connectivity index (χ1n) is 11.9. The van der Waals surface area contributed by atoms with Crippen LogP contribution in [0.25, 0.3) is 0 Å². The lowest BCUT2D eigenvalue weighted by Crippen LogP contribution is -2.55. The third kappa shape index (κ3) is 6.96. The molecule has 39 heavy (non-hydrogen) atoms. The maximum Gasteiger partial charge on any atom is 0.305 e. The van der Waals surface area contributed by atoms with Crippen LogP contribution in [-0.4, -0.2) is 92.0 Å². The molecule has 4 amide bonds. The summed E-state index contributed by atoms with van der Waals surface area (Å²) < 4.78 is 0. The first-order chi connectivity index (χ1) is 18.5. The molecule has 1 heterocycles. The molecule has 2 aromatic carbocycles. The van der Waals surface area contributed by atoms with E-state index in [9.17, 15) is 33.9 Å². The Balaban J connectivity index is 1.94. The Morgan fingerprint density at radius 3 is 2.28 bits per heavy atom. The van der Waals surface area contributed by atoms with Gasteiger partial charge in [-0.2, -0.15) is 0 Å². The quantitative estimate of drug-likeness (QED) is 0.287. The predicted molar refractivity (Wildman–Crippen MR) is 141 cm³/mol. The molecule has 13 heteroatoms. The van der Waals surface area contributed by atoms with Crippen molar-refractivity contribution in [2.75, 3.05) is 48.5 Å². The third-order valence-corrected chi connectivity index (χ3v) is 5.99. The Labute approximate surface area is 224 Å². The predicted octanol–water partition coefficient (Wildman–Crippen LogP) is -0.618. The smallest absolute Gasteiger partial charge is 0.305 e. The van der Waals surface area contributed by atoms with Crippen LogP contribution >= 0.6 is 0 Å². The van der Waals surface area contributed by atoms with Crippen LogP contribution in [0.2, 0.25) is 0 Å². The number of amides is 4. The van der Waals surface area contributed by atoms with E-state index < -0.39 is 61.3 Å². The number of nitrogens with zero attached hydrogens (tertiary/aromatic N) is 3. The fourth-order valence-corrected chi connectivity index (χ4v) is 4.05. The van der Waals surface area contributed by atoms with E-state index >= 15 is 0 Å².